The van der Waals surface area contributed by atoms with E-state index in [0.717, 1.165) is 29.7 Å². The first-order valence-electron chi connectivity index (χ1n) is 13.3. The Morgan fingerprint density at radius 3 is 2.63 bits per heavy atom. The molecule has 0 fully saturated rings. The summed E-state index contributed by atoms with van der Waals surface area (Å²) in [6, 6.07) is 19.1. The summed E-state index contributed by atoms with van der Waals surface area (Å²) in [6.07, 6.45) is 6.73. The molecule has 7 heteroatoms. The second-order valence-electron chi connectivity index (χ2n) is 9.97. The molecule has 0 spiro atoms. The normalized spacial score (nSPS) is 16.2. The van der Waals surface area contributed by atoms with Crippen LogP contribution in [-0.4, -0.2) is 28.1 Å². The van der Waals surface area contributed by atoms with Crippen LogP contribution >= 0.6 is 11.3 Å². The summed E-state index contributed by atoms with van der Waals surface area (Å²) < 4.78 is 7.39. The quantitative estimate of drug-likeness (QED) is 0.291. The predicted molar refractivity (Wildman–Crippen MR) is 150 cm³/mol. The second-order valence-corrected chi connectivity index (χ2v) is 11.1. The lowest BCUT2D eigenvalue weighted by atomic mass is 9.95. The molecule has 0 bridgehead atoms. The van der Waals surface area contributed by atoms with E-state index in [2.05, 4.69) is 59.4 Å². The Hall–Kier alpha value is -3.84. The summed E-state index contributed by atoms with van der Waals surface area (Å²) in [5.41, 5.74) is 7.12. The Morgan fingerprint density at radius 2 is 1.84 bits per heavy atom. The van der Waals surface area contributed by atoms with Gasteiger partial charge in [-0.3, -0.25) is 0 Å². The zero-order valence-corrected chi connectivity index (χ0v) is 22.5. The number of ether oxygens (including phenoxy) is 1. The van der Waals surface area contributed by atoms with Crippen molar-refractivity contribution >= 4 is 29.0 Å². The van der Waals surface area contributed by atoms with E-state index in [1.54, 1.807) is 31.2 Å². The topological polar surface area (TPSA) is 63.6 Å². The van der Waals surface area contributed by atoms with Crippen molar-refractivity contribution in [2.24, 2.45) is 0 Å². The van der Waals surface area contributed by atoms with Crippen LogP contribution in [0.1, 0.15) is 69.0 Å². The Labute approximate surface area is 226 Å². The highest BCUT2D eigenvalue weighted by Crippen LogP contribution is 2.44. The van der Waals surface area contributed by atoms with Crippen molar-refractivity contribution in [2.45, 2.75) is 52.1 Å². The first kappa shape index (κ1) is 24.5. The molecule has 0 radical (unpaired) electrons. The molecule has 4 aromatic rings. The molecular weight excluding hydrogens is 494 g/mol. The molecule has 1 aliphatic carbocycles. The molecule has 0 saturated heterocycles. The Balaban J connectivity index is 1.41. The van der Waals surface area contributed by atoms with Gasteiger partial charge in [-0.25, -0.2) is 9.59 Å². The minimum Gasteiger partial charge on any atom is -0.462 e. The summed E-state index contributed by atoms with van der Waals surface area (Å²) in [5.74, 6) is -0.368. The SMILES string of the molecule is CCOC(=O)c1ccc(NC(=O)N2Cc3c(sc4c3CCCC4)-n3cccc3[C@H]2c2cccc(C)c2)cc1. The van der Waals surface area contributed by atoms with Gasteiger partial charge in [0.25, 0.3) is 0 Å². The molecule has 2 amide bonds. The molecule has 0 saturated carbocycles. The van der Waals surface area contributed by atoms with E-state index in [1.807, 2.05) is 16.2 Å². The van der Waals surface area contributed by atoms with Crippen LogP contribution in [0.4, 0.5) is 10.5 Å². The lowest BCUT2D eigenvalue weighted by molar-refractivity contribution is 0.0526. The molecular formula is C31H31N3O3S. The number of nitrogens with zero attached hydrogens (tertiary/aromatic N) is 2. The number of carbonyl (C=O) groups excluding carboxylic acids is 2. The number of urea groups is 1. The summed E-state index contributed by atoms with van der Waals surface area (Å²) in [5, 5.41) is 4.35. The van der Waals surface area contributed by atoms with Crippen molar-refractivity contribution in [2.75, 3.05) is 11.9 Å². The first-order chi connectivity index (χ1) is 18.5. The van der Waals surface area contributed by atoms with Gasteiger partial charge in [-0.2, -0.15) is 0 Å². The van der Waals surface area contributed by atoms with Crippen LogP contribution in [0.25, 0.3) is 5.00 Å². The third-order valence-corrected chi connectivity index (χ3v) is 8.78. The van der Waals surface area contributed by atoms with E-state index in [-0.39, 0.29) is 18.0 Å². The number of hydrogen-bond donors (Lipinski definition) is 1. The van der Waals surface area contributed by atoms with Crippen molar-refractivity contribution in [3.8, 4) is 5.00 Å². The van der Waals surface area contributed by atoms with Crippen LogP contribution in [0.3, 0.4) is 0 Å². The van der Waals surface area contributed by atoms with E-state index in [0.29, 0.717) is 24.4 Å². The third kappa shape index (κ3) is 4.41. The number of anilines is 1. The second kappa shape index (κ2) is 10.1. The van der Waals surface area contributed by atoms with E-state index in [4.69, 9.17) is 4.74 Å². The minimum atomic E-state index is -0.368. The van der Waals surface area contributed by atoms with Gasteiger partial charge in [0.1, 0.15) is 5.00 Å². The predicted octanol–water partition coefficient (Wildman–Crippen LogP) is 7.04. The molecule has 3 heterocycles. The summed E-state index contributed by atoms with van der Waals surface area (Å²) in [6.45, 7) is 4.73. The number of benzene rings is 2. The standard InChI is InChI=1S/C31H31N3O3S/c1-3-37-30(35)21-13-15-23(16-14-21)32-31(36)34-19-25-24-10-4-5-12-27(24)38-29(25)33-17-7-11-26(33)28(34)22-9-6-8-20(2)18-22/h6-9,11,13-18,28H,3-5,10,12,19H2,1-2H3,(H,32,36)/t28-/m1/s1. The number of esters is 1. The lowest BCUT2D eigenvalue weighted by Gasteiger charge is -2.31. The highest BCUT2D eigenvalue weighted by atomic mass is 32.1. The van der Waals surface area contributed by atoms with Crippen LogP contribution in [0.5, 0.6) is 0 Å². The maximum Gasteiger partial charge on any atom is 0.338 e. The number of amides is 2. The fourth-order valence-corrected chi connectivity index (χ4v) is 7.08. The highest BCUT2D eigenvalue weighted by Gasteiger charge is 2.36. The monoisotopic (exact) mass is 525 g/mol. The van der Waals surface area contributed by atoms with Crippen molar-refractivity contribution in [3.63, 3.8) is 0 Å². The van der Waals surface area contributed by atoms with Gasteiger partial charge < -0.3 is 19.5 Å². The van der Waals surface area contributed by atoms with Gasteiger partial charge in [0.15, 0.2) is 0 Å². The molecule has 2 aliphatic rings. The van der Waals surface area contributed by atoms with Crippen molar-refractivity contribution in [1.29, 1.82) is 0 Å². The van der Waals surface area contributed by atoms with Gasteiger partial charge in [-0.05, 0) is 87.1 Å². The van der Waals surface area contributed by atoms with E-state index in [1.165, 1.54) is 33.8 Å². The summed E-state index contributed by atoms with van der Waals surface area (Å²) in [4.78, 5) is 29.6. The van der Waals surface area contributed by atoms with E-state index < -0.39 is 0 Å². The zero-order valence-electron chi connectivity index (χ0n) is 21.7. The van der Waals surface area contributed by atoms with Gasteiger partial charge in [0, 0.05) is 22.3 Å². The number of nitrogens with one attached hydrogen (secondary N) is 1. The fourth-order valence-electron chi connectivity index (χ4n) is 5.68. The zero-order chi connectivity index (χ0) is 26.2. The lowest BCUT2D eigenvalue weighted by Crippen LogP contribution is -2.38. The van der Waals surface area contributed by atoms with Gasteiger partial charge in [-0.15, -0.1) is 11.3 Å². The van der Waals surface area contributed by atoms with Crippen molar-refractivity contribution in [3.05, 3.63) is 105 Å². The van der Waals surface area contributed by atoms with Gasteiger partial charge in [0.2, 0.25) is 0 Å². The molecule has 194 valence electrons. The van der Waals surface area contributed by atoms with E-state index >= 15 is 0 Å². The average Bonchev–Trinajstić information content (AvgIpc) is 3.51. The van der Waals surface area contributed by atoms with Gasteiger partial charge in [-0.1, -0.05) is 29.8 Å². The Bertz CT molecular complexity index is 1500. The fraction of sp³-hybridized carbons (Fsp3) is 0.290. The van der Waals surface area contributed by atoms with E-state index in [9.17, 15) is 9.59 Å². The van der Waals surface area contributed by atoms with Gasteiger partial charge >= 0.3 is 12.0 Å². The number of rotatable bonds is 4. The molecule has 2 aromatic heterocycles. The summed E-state index contributed by atoms with van der Waals surface area (Å²) >= 11 is 1.89. The molecule has 38 heavy (non-hydrogen) atoms. The molecule has 6 nitrogen and oxygen atoms in total. The van der Waals surface area contributed by atoms with Crippen LogP contribution in [-0.2, 0) is 24.1 Å². The first-order valence-corrected chi connectivity index (χ1v) is 14.1. The van der Waals surface area contributed by atoms with Crippen LogP contribution in [0, 0.1) is 6.92 Å². The highest BCUT2D eigenvalue weighted by molar-refractivity contribution is 7.15. The van der Waals surface area contributed by atoms with Crippen LogP contribution in [0.2, 0.25) is 0 Å². The molecule has 1 N–H and O–H groups in total. The maximum atomic E-state index is 14.1. The van der Waals surface area contributed by atoms with Crippen LogP contribution < -0.4 is 5.32 Å². The molecule has 0 unspecified atom stereocenters. The smallest absolute Gasteiger partial charge is 0.338 e. The van der Waals surface area contributed by atoms with Crippen LogP contribution in [0.15, 0.2) is 66.9 Å². The van der Waals surface area contributed by atoms with Crippen molar-refractivity contribution < 1.29 is 14.3 Å². The molecule has 1 aliphatic heterocycles. The Morgan fingerprint density at radius 1 is 1.03 bits per heavy atom. The molecule has 2 aromatic carbocycles. The largest absolute Gasteiger partial charge is 0.462 e. The number of aromatic nitrogens is 1. The molecule has 1 atom stereocenters. The average molecular weight is 526 g/mol. The molecule has 6 rings (SSSR count). The number of hydrogen-bond acceptors (Lipinski definition) is 4. The number of fused-ring (bicyclic) bond motifs is 5. The summed E-state index contributed by atoms with van der Waals surface area (Å²) in [7, 11) is 0. The third-order valence-electron chi connectivity index (χ3n) is 7.44. The van der Waals surface area contributed by atoms with Crippen molar-refractivity contribution in [1.82, 2.24) is 9.47 Å². The minimum absolute atomic E-state index is 0.170. The number of aryl methyl sites for hydroxylation is 2. The van der Waals surface area contributed by atoms with Gasteiger partial charge in [0.05, 0.1) is 30.5 Å². The number of thiophene rings is 1. The Kier molecular flexibility index (Phi) is 6.54. The number of carbonyl (C=O) groups is 2. The maximum absolute atomic E-state index is 14.1.